The van der Waals surface area contributed by atoms with Gasteiger partial charge >= 0.3 is 5.97 Å². The Hall–Kier alpha value is -1.07. The van der Waals surface area contributed by atoms with Gasteiger partial charge in [0.05, 0.1) is 22.7 Å². The summed E-state index contributed by atoms with van der Waals surface area (Å²) in [7, 11) is 0. The molecule has 1 unspecified atom stereocenters. The Morgan fingerprint density at radius 3 is 3.00 bits per heavy atom. The van der Waals surface area contributed by atoms with E-state index < -0.39 is 0 Å². The molecule has 110 valence electrons. The fourth-order valence-corrected chi connectivity index (χ4v) is 2.47. The summed E-state index contributed by atoms with van der Waals surface area (Å²) in [4.78, 5) is 11.7. The number of rotatable bonds is 6. The molecular formula is C15H19BrO4. The van der Waals surface area contributed by atoms with Gasteiger partial charge in [-0.2, -0.15) is 0 Å². The van der Waals surface area contributed by atoms with Crippen LogP contribution in [-0.2, 0) is 9.47 Å². The van der Waals surface area contributed by atoms with Crippen LogP contribution in [0.5, 0.6) is 5.75 Å². The number of hydrogen-bond acceptors (Lipinski definition) is 4. The number of carbonyl (C=O) groups is 1. The quantitative estimate of drug-likeness (QED) is 0.741. The molecule has 4 nitrogen and oxygen atoms in total. The van der Waals surface area contributed by atoms with Gasteiger partial charge in [0.1, 0.15) is 12.4 Å². The van der Waals surface area contributed by atoms with Crippen molar-refractivity contribution >= 4 is 21.9 Å². The highest BCUT2D eigenvalue weighted by atomic mass is 79.9. The molecule has 1 heterocycles. The van der Waals surface area contributed by atoms with Gasteiger partial charge in [-0.25, -0.2) is 4.79 Å². The molecule has 0 spiro atoms. The third-order valence-corrected chi connectivity index (χ3v) is 3.67. The first-order valence-electron chi connectivity index (χ1n) is 6.91. The van der Waals surface area contributed by atoms with Gasteiger partial charge in [-0.3, -0.25) is 0 Å². The Bertz CT molecular complexity index is 455. The van der Waals surface area contributed by atoms with E-state index in [4.69, 9.17) is 14.2 Å². The van der Waals surface area contributed by atoms with E-state index in [1.165, 1.54) is 0 Å². The maximum Gasteiger partial charge on any atom is 0.338 e. The lowest BCUT2D eigenvalue weighted by molar-refractivity contribution is 0.0504. The highest BCUT2D eigenvalue weighted by Crippen LogP contribution is 2.27. The van der Waals surface area contributed by atoms with Crippen LogP contribution in [0.25, 0.3) is 0 Å². The van der Waals surface area contributed by atoms with E-state index in [1.54, 1.807) is 18.2 Å². The molecule has 1 aliphatic rings. The summed E-state index contributed by atoms with van der Waals surface area (Å²) in [5.74, 6) is 0.408. The summed E-state index contributed by atoms with van der Waals surface area (Å²) in [5, 5.41) is 0. The molecule has 1 aromatic rings. The second-order valence-electron chi connectivity index (χ2n) is 4.73. The molecule has 1 fully saturated rings. The zero-order valence-corrected chi connectivity index (χ0v) is 13.1. The summed E-state index contributed by atoms with van der Waals surface area (Å²) in [6, 6.07) is 5.22. The highest BCUT2D eigenvalue weighted by Gasteiger charge is 2.17. The number of halogens is 1. The van der Waals surface area contributed by atoms with E-state index in [-0.39, 0.29) is 12.1 Å². The summed E-state index contributed by atoms with van der Waals surface area (Å²) in [6.07, 6.45) is 3.13. The van der Waals surface area contributed by atoms with Gasteiger partial charge in [-0.1, -0.05) is 6.92 Å². The third kappa shape index (κ3) is 4.21. The Morgan fingerprint density at radius 1 is 1.50 bits per heavy atom. The van der Waals surface area contributed by atoms with Crippen LogP contribution in [0, 0.1) is 0 Å². The zero-order chi connectivity index (χ0) is 14.4. The Morgan fingerprint density at radius 2 is 2.35 bits per heavy atom. The highest BCUT2D eigenvalue weighted by molar-refractivity contribution is 9.10. The molecule has 1 saturated heterocycles. The van der Waals surface area contributed by atoms with Crippen LogP contribution in [0.2, 0.25) is 0 Å². The van der Waals surface area contributed by atoms with Gasteiger partial charge in [0.2, 0.25) is 0 Å². The van der Waals surface area contributed by atoms with Crippen molar-refractivity contribution in [1.82, 2.24) is 0 Å². The minimum Gasteiger partial charge on any atom is -0.490 e. The number of benzene rings is 1. The number of hydrogen-bond donors (Lipinski definition) is 0. The number of carbonyl (C=O) groups excluding carboxylic acids is 1. The summed E-state index contributed by atoms with van der Waals surface area (Å²) < 4.78 is 17.1. The van der Waals surface area contributed by atoms with E-state index in [0.29, 0.717) is 24.5 Å². The third-order valence-electron chi connectivity index (χ3n) is 3.05. The lowest BCUT2D eigenvalue weighted by atomic mass is 10.2. The standard InChI is InChI=1S/C15H19BrO4/c1-2-7-19-15(17)11-5-6-14(13(16)9-11)20-10-12-4-3-8-18-12/h5-6,9,12H,2-4,7-8,10H2,1H3. The lowest BCUT2D eigenvalue weighted by Gasteiger charge is -2.13. The van der Waals surface area contributed by atoms with Crippen molar-refractivity contribution in [2.24, 2.45) is 0 Å². The molecule has 0 N–H and O–H groups in total. The Balaban J connectivity index is 1.92. The van der Waals surface area contributed by atoms with E-state index >= 15 is 0 Å². The Labute approximate surface area is 127 Å². The lowest BCUT2D eigenvalue weighted by Crippen LogP contribution is -2.16. The molecule has 0 saturated carbocycles. The Kier molecular flexibility index (Phi) is 5.86. The second-order valence-corrected chi connectivity index (χ2v) is 5.58. The van der Waals surface area contributed by atoms with Crippen molar-refractivity contribution in [2.45, 2.75) is 32.3 Å². The smallest absolute Gasteiger partial charge is 0.338 e. The van der Waals surface area contributed by atoms with E-state index in [9.17, 15) is 4.79 Å². The van der Waals surface area contributed by atoms with Crippen molar-refractivity contribution in [3.63, 3.8) is 0 Å². The number of esters is 1. The first kappa shape index (κ1) is 15.3. The first-order chi connectivity index (χ1) is 9.70. The second kappa shape index (κ2) is 7.64. The van der Waals surface area contributed by atoms with Crippen molar-refractivity contribution in [2.75, 3.05) is 19.8 Å². The molecule has 0 aromatic heterocycles. The average Bonchev–Trinajstić information content (AvgIpc) is 2.96. The summed E-state index contributed by atoms with van der Waals surface area (Å²) in [5.41, 5.74) is 0.523. The van der Waals surface area contributed by atoms with Crippen molar-refractivity contribution in [3.05, 3.63) is 28.2 Å². The van der Waals surface area contributed by atoms with Crippen LogP contribution in [-0.4, -0.2) is 31.9 Å². The molecule has 1 atom stereocenters. The fourth-order valence-electron chi connectivity index (χ4n) is 1.98. The van der Waals surface area contributed by atoms with Gasteiger partial charge in [0.15, 0.2) is 0 Å². The van der Waals surface area contributed by atoms with E-state index in [0.717, 1.165) is 30.3 Å². The molecule has 0 amide bonds. The summed E-state index contributed by atoms with van der Waals surface area (Å²) >= 11 is 3.42. The van der Waals surface area contributed by atoms with Gasteiger partial charge in [0, 0.05) is 6.61 Å². The van der Waals surface area contributed by atoms with Gasteiger partial charge in [-0.05, 0) is 53.4 Å². The predicted octanol–water partition coefficient (Wildman–Crippen LogP) is 3.57. The maximum absolute atomic E-state index is 11.7. The minimum absolute atomic E-state index is 0.177. The van der Waals surface area contributed by atoms with Crippen molar-refractivity contribution < 1.29 is 19.0 Å². The molecule has 2 rings (SSSR count). The van der Waals surface area contributed by atoms with Crippen LogP contribution in [0.4, 0.5) is 0 Å². The first-order valence-corrected chi connectivity index (χ1v) is 7.71. The van der Waals surface area contributed by atoms with Gasteiger partial charge < -0.3 is 14.2 Å². The van der Waals surface area contributed by atoms with E-state index in [2.05, 4.69) is 15.9 Å². The molecule has 1 aromatic carbocycles. The molecule has 1 aliphatic heterocycles. The molecule has 0 aliphatic carbocycles. The van der Waals surface area contributed by atoms with Gasteiger partial charge in [-0.15, -0.1) is 0 Å². The molecular weight excluding hydrogens is 324 g/mol. The number of ether oxygens (including phenoxy) is 3. The largest absolute Gasteiger partial charge is 0.490 e. The molecule has 5 heteroatoms. The molecule has 0 bridgehead atoms. The molecule has 20 heavy (non-hydrogen) atoms. The van der Waals surface area contributed by atoms with Crippen molar-refractivity contribution in [1.29, 1.82) is 0 Å². The minimum atomic E-state index is -0.307. The SMILES string of the molecule is CCCOC(=O)c1ccc(OCC2CCCO2)c(Br)c1. The van der Waals surface area contributed by atoms with Crippen molar-refractivity contribution in [3.8, 4) is 5.75 Å². The fraction of sp³-hybridized carbons (Fsp3) is 0.533. The average molecular weight is 343 g/mol. The predicted molar refractivity (Wildman–Crippen MR) is 79.2 cm³/mol. The topological polar surface area (TPSA) is 44.8 Å². The van der Waals surface area contributed by atoms with E-state index in [1.807, 2.05) is 6.92 Å². The monoisotopic (exact) mass is 342 g/mol. The van der Waals surface area contributed by atoms with Crippen LogP contribution in [0.1, 0.15) is 36.5 Å². The van der Waals surface area contributed by atoms with Crippen LogP contribution in [0.3, 0.4) is 0 Å². The van der Waals surface area contributed by atoms with Gasteiger partial charge in [0.25, 0.3) is 0 Å². The van der Waals surface area contributed by atoms with Crippen LogP contribution < -0.4 is 4.74 Å². The van der Waals surface area contributed by atoms with Crippen LogP contribution in [0.15, 0.2) is 22.7 Å². The zero-order valence-electron chi connectivity index (χ0n) is 11.6. The normalized spacial score (nSPS) is 18.0. The summed E-state index contributed by atoms with van der Waals surface area (Å²) in [6.45, 7) is 3.76. The van der Waals surface area contributed by atoms with Crippen LogP contribution >= 0.6 is 15.9 Å². The molecule has 0 radical (unpaired) electrons. The maximum atomic E-state index is 11.7.